The van der Waals surface area contributed by atoms with E-state index in [1.807, 2.05) is 30.3 Å². The summed E-state index contributed by atoms with van der Waals surface area (Å²) in [4.78, 5) is 18.1. The molecular weight excluding hydrogens is 240 g/mol. The normalized spacial score (nSPS) is 10.2. The topological polar surface area (TPSA) is 46.3 Å². The van der Waals surface area contributed by atoms with E-state index in [9.17, 15) is 4.79 Å². The molecule has 0 fully saturated rings. The van der Waals surface area contributed by atoms with Crippen LogP contribution in [0.4, 0.5) is 5.69 Å². The van der Waals surface area contributed by atoms with Crippen molar-refractivity contribution in [2.45, 2.75) is 13.3 Å². The monoisotopic (exact) mass is 256 g/mol. The van der Waals surface area contributed by atoms with Crippen LogP contribution in [0.1, 0.15) is 22.7 Å². The Labute approximate surface area is 112 Å². The second-order valence-corrected chi connectivity index (χ2v) is 4.14. The average Bonchev–Trinajstić information content (AvgIpc) is 2.86. The van der Waals surface area contributed by atoms with Crippen LogP contribution in [0, 0.1) is 6.92 Å². The Hall–Kier alpha value is -2.36. The minimum absolute atomic E-state index is 0.178. The van der Waals surface area contributed by atoms with E-state index in [4.69, 9.17) is 4.42 Å². The van der Waals surface area contributed by atoms with Crippen molar-refractivity contribution in [3.05, 3.63) is 60.8 Å². The molecule has 2 rings (SSSR count). The summed E-state index contributed by atoms with van der Waals surface area (Å²) in [5.74, 6) is 0.107. The Bertz CT molecular complexity index is 561. The zero-order chi connectivity index (χ0) is 13.7. The van der Waals surface area contributed by atoms with Crippen molar-refractivity contribution < 1.29 is 9.21 Å². The first kappa shape index (κ1) is 13.1. The number of aromatic nitrogens is 1. The number of aryl methyl sites for hydroxylation is 1. The number of amides is 1. The minimum Gasteiger partial charge on any atom is -0.438 e. The van der Waals surface area contributed by atoms with Crippen LogP contribution in [0.15, 0.2) is 53.8 Å². The van der Waals surface area contributed by atoms with Gasteiger partial charge >= 0.3 is 0 Å². The number of nitrogens with zero attached hydrogens (tertiary/aromatic N) is 2. The molecule has 0 aliphatic heterocycles. The molecule has 98 valence electrons. The van der Waals surface area contributed by atoms with Crippen LogP contribution in [-0.4, -0.2) is 17.4 Å². The fourth-order valence-corrected chi connectivity index (χ4v) is 1.81. The van der Waals surface area contributed by atoms with Crippen LogP contribution in [-0.2, 0) is 0 Å². The third-order valence-corrected chi connectivity index (χ3v) is 2.81. The Morgan fingerprint density at radius 2 is 2.16 bits per heavy atom. The van der Waals surface area contributed by atoms with E-state index >= 15 is 0 Å². The fourth-order valence-electron chi connectivity index (χ4n) is 1.81. The molecule has 0 N–H and O–H groups in total. The van der Waals surface area contributed by atoms with Crippen LogP contribution >= 0.6 is 0 Å². The van der Waals surface area contributed by atoms with Gasteiger partial charge in [-0.25, -0.2) is 4.98 Å². The summed E-state index contributed by atoms with van der Waals surface area (Å²) in [6.07, 6.45) is 3.80. The molecule has 0 aliphatic carbocycles. The van der Waals surface area contributed by atoms with E-state index in [2.05, 4.69) is 11.6 Å². The summed E-state index contributed by atoms with van der Waals surface area (Å²) in [6.45, 7) is 6.01. The van der Waals surface area contributed by atoms with Gasteiger partial charge in [0.25, 0.3) is 5.91 Å². The molecule has 0 unspecified atom stereocenters. The van der Waals surface area contributed by atoms with Gasteiger partial charge in [0.2, 0.25) is 5.76 Å². The summed E-state index contributed by atoms with van der Waals surface area (Å²) < 4.78 is 5.18. The molecule has 1 heterocycles. The summed E-state index contributed by atoms with van der Waals surface area (Å²) in [6, 6.07) is 9.51. The van der Waals surface area contributed by atoms with Gasteiger partial charge in [-0.2, -0.15) is 0 Å². The highest BCUT2D eigenvalue weighted by molar-refractivity contribution is 6.04. The molecular formula is C15H16N2O2. The molecule has 4 heteroatoms. The lowest BCUT2D eigenvalue weighted by Crippen LogP contribution is -2.31. The fraction of sp³-hybridized carbons (Fsp3) is 0.200. The highest BCUT2D eigenvalue weighted by atomic mass is 16.3. The van der Waals surface area contributed by atoms with Gasteiger partial charge in [-0.1, -0.05) is 24.3 Å². The SMILES string of the molecule is C=CCCN(C(=O)c1ocnc1C)c1ccccc1. The number of oxazole rings is 1. The maximum atomic E-state index is 12.5. The lowest BCUT2D eigenvalue weighted by atomic mass is 10.2. The quantitative estimate of drug-likeness (QED) is 0.772. The van der Waals surface area contributed by atoms with Crippen LogP contribution in [0.2, 0.25) is 0 Å². The average molecular weight is 256 g/mol. The first-order valence-electron chi connectivity index (χ1n) is 6.12. The molecule has 1 aromatic heterocycles. The van der Waals surface area contributed by atoms with Gasteiger partial charge in [-0.3, -0.25) is 4.79 Å². The molecule has 2 aromatic rings. The number of anilines is 1. The summed E-state index contributed by atoms with van der Waals surface area (Å²) in [5.41, 5.74) is 1.44. The van der Waals surface area contributed by atoms with E-state index in [-0.39, 0.29) is 11.7 Å². The van der Waals surface area contributed by atoms with Crippen LogP contribution in [0.5, 0.6) is 0 Å². The van der Waals surface area contributed by atoms with Gasteiger partial charge in [0, 0.05) is 12.2 Å². The molecule has 0 atom stereocenters. The molecule has 0 bridgehead atoms. The predicted molar refractivity (Wildman–Crippen MR) is 74.2 cm³/mol. The van der Waals surface area contributed by atoms with Crippen molar-refractivity contribution in [2.24, 2.45) is 0 Å². The van der Waals surface area contributed by atoms with E-state index < -0.39 is 0 Å². The summed E-state index contributed by atoms with van der Waals surface area (Å²) >= 11 is 0. The molecule has 0 aliphatic rings. The smallest absolute Gasteiger partial charge is 0.295 e. The van der Waals surface area contributed by atoms with Gasteiger partial charge in [-0.05, 0) is 25.5 Å². The maximum Gasteiger partial charge on any atom is 0.295 e. The summed E-state index contributed by atoms with van der Waals surface area (Å²) in [7, 11) is 0. The molecule has 1 amide bonds. The molecule has 1 aromatic carbocycles. The Morgan fingerprint density at radius 1 is 1.42 bits per heavy atom. The first-order chi connectivity index (χ1) is 9.24. The van der Waals surface area contributed by atoms with Crippen molar-refractivity contribution in [2.75, 3.05) is 11.4 Å². The van der Waals surface area contributed by atoms with Crippen LogP contribution in [0.3, 0.4) is 0 Å². The lowest BCUT2D eigenvalue weighted by Gasteiger charge is -2.21. The maximum absolute atomic E-state index is 12.5. The van der Waals surface area contributed by atoms with E-state index in [0.717, 1.165) is 5.69 Å². The van der Waals surface area contributed by atoms with E-state index in [1.165, 1.54) is 6.39 Å². The molecule has 0 saturated heterocycles. The van der Waals surface area contributed by atoms with Gasteiger partial charge in [0.15, 0.2) is 6.39 Å². The van der Waals surface area contributed by atoms with E-state index in [0.29, 0.717) is 18.7 Å². The Morgan fingerprint density at radius 3 is 2.74 bits per heavy atom. The number of hydrogen-bond donors (Lipinski definition) is 0. The van der Waals surface area contributed by atoms with Gasteiger partial charge in [0.05, 0.1) is 5.69 Å². The molecule has 19 heavy (non-hydrogen) atoms. The van der Waals surface area contributed by atoms with E-state index in [1.54, 1.807) is 17.9 Å². The largest absolute Gasteiger partial charge is 0.438 e. The standard InChI is InChI=1S/C15H16N2O2/c1-3-4-10-17(13-8-6-5-7-9-13)15(18)14-12(2)16-11-19-14/h3,5-9,11H,1,4,10H2,2H3. The lowest BCUT2D eigenvalue weighted by molar-refractivity contribution is 0.0960. The second kappa shape index (κ2) is 6.00. The minimum atomic E-state index is -0.178. The molecule has 0 radical (unpaired) electrons. The van der Waals surface area contributed by atoms with Gasteiger partial charge in [0.1, 0.15) is 0 Å². The van der Waals surface area contributed by atoms with Crippen molar-refractivity contribution >= 4 is 11.6 Å². The molecule has 0 saturated carbocycles. The number of carbonyl (C=O) groups excluding carboxylic acids is 1. The number of benzene rings is 1. The third kappa shape index (κ3) is 2.91. The number of hydrogen-bond acceptors (Lipinski definition) is 3. The Balaban J connectivity index is 2.30. The van der Waals surface area contributed by atoms with Crippen molar-refractivity contribution in [3.8, 4) is 0 Å². The predicted octanol–water partition coefficient (Wildman–Crippen LogP) is 3.21. The second-order valence-electron chi connectivity index (χ2n) is 4.14. The highest BCUT2D eigenvalue weighted by Crippen LogP contribution is 2.18. The molecule has 4 nitrogen and oxygen atoms in total. The first-order valence-corrected chi connectivity index (χ1v) is 6.12. The van der Waals surface area contributed by atoms with Gasteiger partial charge < -0.3 is 9.32 Å². The van der Waals surface area contributed by atoms with Crippen LogP contribution in [0.25, 0.3) is 0 Å². The van der Waals surface area contributed by atoms with Crippen molar-refractivity contribution in [1.29, 1.82) is 0 Å². The molecule has 0 spiro atoms. The zero-order valence-electron chi connectivity index (χ0n) is 10.9. The van der Waals surface area contributed by atoms with Crippen molar-refractivity contribution in [3.63, 3.8) is 0 Å². The van der Waals surface area contributed by atoms with Crippen molar-refractivity contribution in [1.82, 2.24) is 4.98 Å². The number of carbonyl (C=O) groups is 1. The van der Waals surface area contributed by atoms with Crippen LogP contribution < -0.4 is 4.90 Å². The number of para-hydroxylation sites is 1. The highest BCUT2D eigenvalue weighted by Gasteiger charge is 2.22. The van der Waals surface area contributed by atoms with Gasteiger partial charge in [-0.15, -0.1) is 6.58 Å². The summed E-state index contributed by atoms with van der Waals surface area (Å²) in [5, 5.41) is 0. The Kier molecular flexibility index (Phi) is 4.13. The number of rotatable bonds is 5. The zero-order valence-corrected chi connectivity index (χ0v) is 10.9. The third-order valence-electron chi connectivity index (χ3n) is 2.81.